The fourth-order valence-corrected chi connectivity index (χ4v) is 4.06. The van der Waals surface area contributed by atoms with Crippen molar-refractivity contribution in [3.63, 3.8) is 0 Å². The van der Waals surface area contributed by atoms with Crippen LogP contribution in [0.2, 0.25) is 10.0 Å². The zero-order chi connectivity index (χ0) is 25.8. The third-order valence-corrected chi connectivity index (χ3v) is 5.96. The van der Waals surface area contributed by atoms with E-state index in [0.29, 0.717) is 38.4 Å². The Labute approximate surface area is 222 Å². The van der Waals surface area contributed by atoms with Crippen LogP contribution in [0.25, 0.3) is 22.3 Å². The van der Waals surface area contributed by atoms with Gasteiger partial charge in [-0.25, -0.2) is 0 Å². The summed E-state index contributed by atoms with van der Waals surface area (Å²) >= 11 is 12.4. The van der Waals surface area contributed by atoms with E-state index in [2.05, 4.69) is 5.32 Å². The van der Waals surface area contributed by atoms with Gasteiger partial charge in [0.05, 0.1) is 10.4 Å². The molecule has 0 unspecified atom stereocenters. The number of fused-ring (bicyclic) bond motifs is 1. The third-order valence-electron chi connectivity index (χ3n) is 5.39. The van der Waals surface area contributed by atoms with Crippen molar-refractivity contribution >= 4 is 45.8 Å². The Balaban J connectivity index is 1.36. The van der Waals surface area contributed by atoms with Crippen LogP contribution in [-0.4, -0.2) is 12.5 Å². The van der Waals surface area contributed by atoms with Crippen molar-refractivity contribution in [1.29, 1.82) is 0 Å². The molecule has 37 heavy (non-hydrogen) atoms. The molecule has 0 radical (unpaired) electrons. The van der Waals surface area contributed by atoms with E-state index in [-0.39, 0.29) is 16.9 Å². The number of benzene rings is 4. The van der Waals surface area contributed by atoms with Gasteiger partial charge in [0, 0.05) is 16.3 Å². The van der Waals surface area contributed by atoms with Crippen LogP contribution in [-0.2, 0) is 4.79 Å². The van der Waals surface area contributed by atoms with E-state index in [9.17, 15) is 9.59 Å². The van der Waals surface area contributed by atoms with Crippen LogP contribution in [0.5, 0.6) is 17.2 Å². The highest BCUT2D eigenvalue weighted by Crippen LogP contribution is 2.35. The largest absolute Gasteiger partial charge is 0.476 e. The van der Waals surface area contributed by atoms with Gasteiger partial charge in [-0.15, -0.1) is 0 Å². The molecule has 8 heteroatoms. The van der Waals surface area contributed by atoms with Crippen molar-refractivity contribution in [2.75, 3.05) is 11.9 Å². The molecule has 6 nitrogen and oxygen atoms in total. The number of ether oxygens (including phenoxy) is 2. The normalized spacial score (nSPS) is 10.8. The molecule has 0 fully saturated rings. The number of halogens is 2. The zero-order valence-electron chi connectivity index (χ0n) is 19.2. The van der Waals surface area contributed by atoms with Crippen molar-refractivity contribution < 1.29 is 18.7 Å². The maximum atomic E-state index is 13.3. The summed E-state index contributed by atoms with van der Waals surface area (Å²) in [4.78, 5) is 26.0. The molecule has 0 atom stereocenters. The van der Waals surface area contributed by atoms with E-state index in [1.54, 1.807) is 60.7 Å². The van der Waals surface area contributed by atoms with Gasteiger partial charge in [-0.1, -0.05) is 53.5 Å². The fourth-order valence-electron chi connectivity index (χ4n) is 3.67. The van der Waals surface area contributed by atoms with Crippen molar-refractivity contribution in [1.82, 2.24) is 0 Å². The Morgan fingerprint density at radius 3 is 2.30 bits per heavy atom. The topological polar surface area (TPSA) is 77.8 Å². The summed E-state index contributed by atoms with van der Waals surface area (Å²) in [6.07, 6.45) is 0. The third kappa shape index (κ3) is 5.61. The monoisotopic (exact) mass is 531 g/mol. The average molecular weight is 532 g/mol. The summed E-state index contributed by atoms with van der Waals surface area (Å²) in [7, 11) is 0. The molecule has 0 bridgehead atoms. The number of hydrogen-bond donors (Lipinski definition) is 1. The highest BCUT2D eigenvalue weighted by atomic mass is 35.5. The van der Waals surface area contributed by atoms with Crippen molar-refractivity contribution in [3.05, 3.63) is 117 Å². The van der Waals surface area contributed by atoms with Gasteiger partial charge in [-0.2, -0.15) is 0 Å². The minimum atomic E-state index is -0.465. The standard InChI is InChI=1S/C29H19Cl2NO5/c30-18-10-15-25-23(16-18)27(34)29(28(37-25)22-8-4-5-9-24(22)31)35-17-26(33)32-19-11-13-21(14-12-19)36-20-6-2-1-3-7-20/h1-16H,17H2,(H,32,33). The summed E-state index contributed by atoms with van der Waals surface area (Å²) in [5.41, 5.74) is 0.855. The predicted octanol–water partition coefficient (Wildman–Crippen LogP) is 7.58. The minimum absolute atomic E-state index is 0.126. The van der Waals surface area contributed by atoms with Crippen LogP contribution >= 0.6 is 23.2 Å². The van der Waals surface area contributed by atoms with Crippen LogP contribution < -0.4 is 20.2 Å². The summed E-state index contributed by atoms with van der Waals surface area (Å²) in [5.74, 6) is 0.854. The van der Waals surface area contributed by atoms with Crippen LogP contribution in [0.15, 0.2) is 106 Å². The Kier molecular flexibility index (Phi) is 7.12. The first-order valence-electron chi connectivity index (χ1n) is 11.2. The molecule has 0 aliphatic rings. The fraction of sp³-hybridized carbons (Fsp3) is 0.0345. The van der Waals surface area contributed by atoms with Crippen LogP contribution in [0.4, 0.5) is 5.69 Å². The molecule has 1 amide bonds. The first-order valence-corrected chi connectivity index (χ1v) is 12.0. The number of nitrogens with one attached hydrogen (secondary N) is 1. The van der Waals surface area contributed by atoms with Gasteiger partial charge in [0.25, 0.3) is 5.91 Å². The second-order valence-electron chi connectivity index (χ2n) is 7.99. The lowest BCUT2D eigenvalue weighted by Gasteiger charge is -2.13. The Bertz CT molecular complexity index is 1630. The van der Waals surface area contributed by atoms with Gasteiger partial charge in [0.1, 0.15) is 17.1 Å². The molecule has 1 aromatic heterocycles. The second kappa shape index (κ2) is 10.8. The summed E-state index contributed by atoms with van der Waals surface area (Å²) in [6, 6.07) is 27.8. The maximum Gasteiger partial charge on any atom is 0.262 e. The van der Waals surface area contributed by atoms with E-state index in [1.165, 1.54) is 6.07 Å². The Morgan fingerprint density at radius 1 is 0.838 bits per heavy atom. The van der Waals surface area contributed by atoms with Gasteiger partial charge in [0.15, 0.2) is 12.4 Å². The van der Waals surface area contributed by atoms with Gasteiger partial charge < -0.3 is 19.2 Å². The van der Waals surface area contributed by atoms with Crippen LogP contribution in [0, 0.1) is 0 Å². The summed E-state index contributed by atoms with van der Waals surface area (Å²) in [6.45, 7) is -0.434. The lowest BCUT2D eigenvalue weighted by Crippen LogP contribution is -2.22. The van der Waals surface area contributed by atoms with Crippen molar-refractivity contribution in [3.8, 4) is 28.6 Å². The molecule has 0 spiro atoms. The number of anilines is 1. The number of para-hydroxylation sites is 1. The van der Waals surface area contributed by atoms with E-state index >= 15 is 0 Å². The van der Waals surface area contributed by atoms with Crippen molar-refractivity contribution in [2.45, 2.75) is 0 Å². The van der Waals surface area contributed by atoms with Gasteiger partial charge in [0.2, 0.25) is 11.2 Å². The number of rotatable bonds is 7. The molecule has 0 aliphatic heterocycles. The number of hydrogen-bond acceptors (Lipinski definition) is 5. The van der Waals surface area contributed by atoms with E-state index in [4.69, 9.17) is 37.1 Å². The molecule has 4 aromatic carbocycles. The van der Waals surface area contributed by atoms with Crippen LogP contribution in [0.1, 0.15) is 0 Å². The highest BCUT2D eigenvalue weighted by Gasteiger charge is 2.21. The summed E-state index contributed by atoms with van der Waals surface area (Å²) in [5, 5.41) is 3.71. The zero-order valence-corrected chi connectivity index (χ0v) is 20.8. The predicted molar refractivity (Wildman–Crippen MR) is 145 cm³/mol. The van der Waals surface area contributed by atoms with E-state index in [1.807, 2.05) is 30.3 Å². The number of amides is 1. The quantitative estimate of drug-likeness (QED) is 0.234. The molecule has 184 valence electrons. The SMILES string of the molecule is O=C(COc1c(-c2ccccc2Cl)oc2ccc(Cl)cc2c1=O)Nc1ccc(Oc2ccccc2)cc1. The molecule has 1 N–H and O–H groups in total. The molecule has 0 saturated carbocycles. The smallest absolute Gasteiger partial charge is 0.262 e. The first kappa shape index (κ1) is 24.4. The second-order valence-corrected chi connectivity index (χ2v) is 8.83. The van der Waals surface area contributed by atoms with E-state index in [0.717, 1.165) is 0 Å². The first-order chi connectivity index (χ1) is 18.0. The van der Waals surface area contributed by atoms with Crippen molar-refractivity contribution in [2.24, 2.45) is 0 Å². The molecular formula is C29H19Cl2NO5. The average Bonchev–Trinajstić information content (AvgIpc) is 2.90. The number of carbonyl (C=O) groups excluding carboxylic acids is 1. The lowest BCUT2D eigenvalue weighted by atomic mass is 10.1. The molecular weight excluding hydrogens is 513 g/mol. The van der Waals surface area contributed by atoms with Gasteiger partial charge in [-0.3, -0.25) is 9.59 Å². The summed E-state index contributed by atoms with van der Waals surface area (Å²) < 4.78 is 17.5. The van der Waals surface area contributed by atoms with E-state index < -0.39 is 17.9 Å². The highest BCUT2D eigenvalue weighted by molar-refractivity contribution is 6.33. The maximum absolute atomic E-state index is 13.3. The Morgan fingerprint density at radius 2 is 1.54 bits per heavy atom. The Hall–Kier alpha value is -4.26. The van der Waals surface area contributed by atoms with Gasteiger partial charge in [-0.05, 0) is 66.7 Å². The molecule has 0 saturated heterocycles. The molecule has 5 rings (SSSR count). The minimum Gasteiger partial charge on any atom is -0.476 e. The molecule has 1 heterocycles. The lowest BCUT2D eigenvalue weighted by molar-refractivity contribution is -0.118. The molecule has 5 aromatic rings. The number of carbonyl (C=O) groups is 1. The van der Waals surface area contributed by atoms with Crippen LogP contribution in [0.3, 0.4) is 0 Å². The van der Waals surface area contributed by atoms with Gasteiger partial charge >= 0.3 is 0 Å². The molecule has 0 aliphatic carbocycles.